The van der Waals surface area contributed by atoms with E-state index in [0.717, 1.165) is 32.1 Å². The van der Waals surface area contributed by atoms with Crippen LogP contribution in [0.1, 0.15) is 39.0 Å². The molecule has 0 saturated carbocycles. The number of rotatable bonds is 4. The van der Waals surface area contributed by atoms with Gasteiger partial charge in [0.2, 0.25) is 0 Å². The SMILES string of the molecule is C=C(C)[C@H]1CC=C(COC(=O)[C@@H]2CCCN(C(N)=O)C2)CC1. The first kappa shape index (κ1) is 16.6. The first-order valence-electron chi connectivity index (χ1n) is 8.01. The fourth-order valence-corrected chi connectivity index (χ4v) is 3.12. The first-order chi connectivity index (χ1) is 10.5. The third kappa shape index (κ3) is 4.36. The number of hydrogen-bond donors (Lipinski definition) is 1. The van der Waals surface area contributed by atoms with Crippen molar-refractivity contribution in [3.05, 3.63) is 23.8 Å². The Morgan fingerprint density at radius 1 is 1.41 bits per heavy atom. The van der Waals surface area contributed by atoms with Gasteiger partial charge in [0.05, 0.1) is 5.92 Å². The number of urea groups is 1. The number of amides is 2. The van der Waals surface area contributed by atoms with Gasteiger partial charge in [-0.1, -0.05) is 18.2 Å². The number of nitrogens with zero attached hydrogens (tertiary/aromatic N) is 1. The second kappa shape index (κ2) is 7.47. The standard InChI is InChI=1S/C17H26N2O3/c1-12(2)14-7-5-13(6-8-14)11-22-16(20)15-4-3-9-19(10-15)17(18)21/h5,14-15H,1,3-4,6-11H2,2H3,(H2,18,21)/t14-,15+/m0/s1. The van der Waals surface area contributed by atoms with Gasteiger partial charge in [-0.25, -0.2) is 4.79 Å². The minimum absolute atomic E-state index is 0.214. The number of allylic oxidation sites excluding steroid dienone is 2. The summed E-state index contributed by atoms with van der Waals surface area (Å²) in [5.41, 5.74) is 7.69. The molecule has 0 aromatic heterocycles. The van der Waals surface area contributed by atoms with E-state index < -0.39 is 6.03 Å². The van der Waals surface area contributed by atoms with Crippen molar-refractivity contribution in [3.8, 4) is 0 Å². The Morgan fingerprint density at radius 2 is 2.18 bits per heavy atom. The lowest BCUT2D eigenvalue weighted by molar-refractivity contribution is -0.149. The Morgan fingerprint density at radius 3 is 2.77 bits per heavy atom. The van der Waals surface area contributed by atoms with Crippen molar-refractivity contribution >= 4 is 12.0 Å². The summed E-state index contributed by atoms with van der Waals surface area (Å²) in [6, 6.07) is -0.460. The number of nitrogens with two attached hydrogens (primary N) is 1. The maximum atomic E-state index is 12.1. The van der Waals surface area contributed by atoms with E-state index in [-0.39, 0.29) is 11.9 Å². The Balaban J connectivity index is 1.78. The molecule has 2 N–H and O–H groups in total. The zero-order valence-corrected chi connectivity index (χ0v) is 13.3. The summed E-state index contributed by atoms with van der Waals surface area (Å²) in [6.45, 7) is 7.45. The Labute approximate surface area is 132 Å². The lowest BCUT2D eigenvalue weighted by Crippen LogP contribution is -2.45. The molecule has 0 unspecified atom stereocenters. The fraction of sp³-hybridized carbons (Fsp3) is 0.647. The van der Waals surface area contributed by atoms with Gasteiger partial charge in [0.15, 0.2) is 0 Å². The van der Waals surface area contributed by atoms with Crippen molar-refractivity contribution in [2.75, 3.05) is 19.7 Å². The number of carbonyl (C=O) groups excluding carboxylic acids is 2. The second-order valence-electron chi connectivity index (χ2n) is 6.41. The topological polar surface area (TPSA) is 72.6 Å². The summed E-state index contributed by atoms with van der Waals surface area (Å²) in [7, 11) is 0. The fourth-order valence-electron chi connectivity index (χ4n) is 3.12. The molecular formula is C17H26N2O3. The number of hydrogen-bond acceptors (Lipinski definition) is 3. The van der Waals surface area contributed by atoms with E-state index in [1.807, 2.05) is 0 Å². The Hall–Kier alpha value is -1.78. The molecule has 0 aromatic carbocycles. The van der Waals surface area contributed by atoms with Gasteiger partial charge in [-0.05, 0) is 50.5 Å². The molecule has 122 valence electrons. The Bertz CT molecular complexity index is 484. The van der Waals surface area contributed by atoms with E-state index in [1.165, 1.54) is 16.0 Å². The van der Waals surface area contributed by atoms with E-state index >= 15 is 0 Å². The maximum absolute atomic E-state index is 12.1. The van der Waals surface area contributed by atoms with Crippen LogP contribution in [-0.2, 0) is 9.53 Å². The van der Waals surface area contributed by atoms with Gasteiger partial charge < -0.3 is 15.4 Å². The van der Waals surface area contributed by atoms with E-state index in [0.29, 0.717) is 25.6 Å². The van der Waals surface area contributed by atoms with E-state index in [9.17, 15) is 9.59 Å². The summed E-state index contributed by atoms with van der Waals surface area (Å²) < 4.78 is 5.44. The summed E-state index contributed by atoms with van der Waals surface area (Å²) in [4.78, 5) is 24.9. The first-order valence-corrected chi connectivity index (χ1v) is 8.01. The van der Waals surface area contributed by atoms with Crippen LogP contribution in [0.4, 0.5) is 4.79 Å². The van der Waals surface area contributed by atoms with Crippen LogP contribution in [0.15, 0.2) is 23.8 Å². The van der Waals surface area contributed by atoms with Crippen LogP contribution in [0.5, 0.6) is 0 Å². The number of ether oxygens (including phenoxy) is 1. The smallest absolute Gasteiger partial charge is 0.314 e. The van der Waals surface area contributed by atoms with Crippen molar-refractivity contribution in [2.24, 2.45) is 17.6 Å². The van der Waals surface area contributed by atoms with Crippen LogP contribution in [-0.4, -0.2) is 36.6 Å². The molecule has 1 heterocycles. The zero-order chi connectivity index (χ0) is 16.1. The molecule has 1 fully saturated rings. The molecular weight excluding hydrogens is 280 g/mol. The van der Waals surface area contributed by atoms with Gasteiger partial charge in [0, 0.05) is 13.1 Å². The predicted octanol–water partition coefficient (Wildman–Crippen LogP) is 2.62. The highest BCUT2D eigenvalue weighted by Gasteiger charge is 2.28. The molecule has 1 saturated heterocycles. The molecule has 0 spiro atoms. The molecule has 2 amide bonds. The predicted molar refractivity (Wildman–Crippen MR) is 85.1 cm³/mol. The van der Waals surface area contributed by atoms with Crippen LogP contribution in [0, 0.1) is 11.8 Å². The van der Waals surface area contributed by atoms with Gasteiger partial charge >= 0.3 is 12.0 Å². The molecule has 1 aliphatic heterocycles. The molecule has 0 aromatic rings. The van der Waals surface area contributed by atoms with E-state index in [1.54, 1.807) is 0 Å². The molecule has 2 aliphatic rings. The number of likely N-dealkylation sites (tertiary alicyclic amines) is 1. The quantitative estimate of drug-likeness (QED) is 0.641. The van der Waals surface area contributed by atoms with Crippen LogP contribution < -0.4 is 5.73 Å². The number of piperidine rings is 1. The largest absolute Gasteiger partial charge is 0.461 e. The third-order valence-corrected chi connectivity index (χ3v) is 4.67. The van der Waals surface area contributed by atoms with Crippen molar-refractivity contribution in [3.63, 3.8) is 0 Å². The van der Waals surface area contributed by atoms with Gasteiger partial charge in [-0.15, -0.1) is 0 Å². The molecule has 22 heavy (non-hydrogen) atoms. The molecule has 5 heteroatoms. The molecule has 2 rings (SSSR count). The van der Waals surface area contributed by atoms with Crippen molar-refractivity contribution in [1.82, 2.24) is 4.90 Å². The van der Waals surface area contributed by atoms with Crippen molar-refractivity contribution < 1.29 is 14.3 Å². The van der Waals surface area contributed by atoms with Crippen LogP contribution >= 0.6 is 0 Å². The van der Waals surface area contributed by atoms with Gasteiger partial charge in [0.1, 0.15) is 6.61 Å². The summed E-state index contributed by atoms with van der Waals surface area (Å²) in [5, 5.41) is 0. The summed E-state index contributed by atoms with van der Waals surface area (Å²) in [6.07, 6.45) is 6.76. The van der Waals surface area contributed by atoms with E-state index in [4.69, 9.17) is 10.5 Å². The van der Waals surface area contributed by atoms with Gasteiger partial charge in [-0.3, -0.25) is 4.79 Å². The molecule has 2 atom stereocenters. The number of carbonyl (C=O) groups is 2. The lowest BCUT2D eigenvalue weighted by Gasteiger charge is -2.30. The third-order valence-electron chi connectivity index (χ3n) is 4.67. The van der Waals surface area contributed by atoms with Gasteiger partial charge in [0.25, 0.3) is 0 Å². The highest BCUT2D eigenvalue weighted by Crippen LogP contribution is 2.28. The summed E-state index contributed by atoms with van der Waals surface area (Å²) in [5.74, 6) is 0.101. The summed E-state index contributed by atoms with van der Waals surface area (Å²) >= 11 is 0. The normalized spacial score (nSPS) is 25.3. The second-order valence-corrected chi connectivity index (χ2v) is 6.41. The minimum Gasteiger partial charge on any atom is -0.461 e. The lowest BCUT2D eigenvalue weighted by atomic mass is 9.86. The highest BCUT2D eigenvalue weighted by molar-refractivity contribution is 5.76. The average Bonchev–Trinajstić information content (AvgIpc) is 2.53. The van der Waals surface area contributed by atoms with E-state index in [2.05, 4.69) is 19.6 Å². The number of esters is 1. The Kier molecular flexibility index (Phi) is 5.63. The maximum Gasteiger partial charge on any atom is 0.314 e. The molecule has 5 nitrogen and oxygen atoms in total. The molecule has 0 radical (unpaired) electrons. The molecule has 1 aliphatic carbocycles. The van der Waals surface area contributed by atoms with Gasteiger partial charge in [-0.2, -0.15) is 0 Å². The minimum atomic E-state index is -0.460. The van der Waals surface area contributed by atoms with Crippen molar-refractivity contribution in [2.45, 2.75) is 39.0 Å². The van der Waals surface area contributed by atoms with Crippen LogP contribution in [0.25, 0.3) is 0 Å². The highest BCUT2D eigenvalue weighted by atomic mass is 16.5. The van der Waals surface area contributed by atoms with Crippen LogP contribution in [0.2, 0.25) is 0 Å². The monoisotopic (exact) mass is 306 g/mol. The zero-order valence-electron chi connectivity index (χ0n) is 13.3. The van der Waals surface area contributed by atoms with Crippen LogP contribution in [0.3, 0.4) is 0 Å². The molecule has 0 bridgehead atoms. The number of primary amides is 1. The average molecular weight is 306 g/mol. The van der Waals surface area contributed by atoms with Crippen molar-refractivity contribution in [1.29, 1.82) is 0 Å².